The van der Waals surface area contributed by atoms with Crippen molar-refractivity contribution in [1.29, 1.82) is 0 Å². The van der Waals surface area contributed by atoms with Crippen LogP contribution in [0.4, 0.5) is 5.69 Å². The molecular formula is C25H27ClN2O7S2. The third kappa shape index (κ3) is 6.73. The van der Waals surface area contributed by atoms with Gasteiger partial charge in [-0.3, -0.25) is 9.10 Å². The molecule has 12 heteroatoms. The number of amides is 1. The summed E-state index contributed by atoms with van der Waals surface area (Å²) in [6.45, 7) is 1.19. The number of sulfone groups is 1. The Morgan fingerprint density at radius 3 is 2.00 bits per heavy atom. The molecule has 0 aromatic heterocycles. The van der Waals surface area contributed by atoms with E-state index in [-0.39, 0.29) is 21.2 Å². The van der Waals surface area contributed by atoms with E-state index in [0.717, 1.165) is 10.6 Å². The number of carbonyl (C=O) groups is 1. The van der Waals surface area contributed by atoms with Crippen molar-refractivity contribution >= 4 is 43.1 Å². The van der Waals surface area contributed by atoms with Crippen LogP contribution >= 0.6 is 11.6 Å². The van der Waals surface area contributed by atoms with Crippen molar-refractivity contribution in [2.24, 2.45) is 0 Å². The van der Waals surface area contributed by atoms with E-state index in [1.807, 2.05) is 0 Å². The van der Waals surface area contributed by atoms with Crippen LogP contribution in [0.3, 0.4) is 0 Å². The van der Waals surface area contributed by atoms with E-state index >= 15 is 0 Å². The Kier molecular flexibility index (Phi) is 8.72. The molecule has 0 aliphatic heterocycles. The van der Waals surface area contributed by atoms with E-state index in [1.165, 1.54) is 68.8 Å². The van der Waals surface area contributed by atoms with Crippen LogP contribution in [-0.2, 0) is 24.7 Å². The van der Waals surface area contributed by atoms with Gasteiger partial charge in [-0.2, -0.15) is 0 Å². The smallest absolute Gasteiger partial charge is 0.264 e. The second kappa shape index (κ2) is 11.4. The molecule has 3 aromatic carbocycles. The van der Waals surface area contributed by atoms with Crippen molar-refractivity contribution < 1.29 is 31.1 Å². The lowest BCUT2D eigenvalue weighted by Crippen LogP contribution is -2.41. The van der Waals surface area contributed by atoms with Crippen LogP contribution in [0.15, 0.2) is 76.5 Å². The lowest BCUT2D eigenvalue weighted by molar-refractivity contribution is -0.120. The number of hydrogen-bond donors (Lipinski definition) is 1. The molecule has 0 saturated heterocycles. The summed E-state index contributed by atoms with van der Waals surface area (Å²) in [5.41, 5.74) is 0.890. The SMILES string of the molecule is COc1ccc(S(=O)(=O)N(CC(=O)N[C@@H](C)c2ccc(S(C)(=O)=O)cc2)c2ccc(Cl)cc2)cc1OC. The van der Waals surface area contributed by atoms with Gasteiger partial charge in [0.1, 0.15) is 6.54 Å². The fraction of sp³-hybridized carbons (Fsp3) is 0.240. The van der Waals surface area contributed by atoms with E-state index in [2.05, 4.69) is 5.32 Å². The fourth-order valence-electron chi connectivity index (χ4n) is 3.53. The van der Waals surface area contributed by atoms with Crippen LogP contribution in [0.25, 0.3) is 0 Å². The summed E-state index contributed by atoms with van der Waals surface area (Å²) >= 11 is 5.99. The first-order valence-corrected chi connectivity index (χ1v) is 14.7. The minimum Gasteiger partial charge on any atom is -0.493 e. The lowest BCUT2D eigenvalue weighted by atomic mass is 10.1. The zero-order valence-corrected chi connectivity index (χ0v) is 23.0. The first kappa shape index (κ1) is 28.3. The number of carbonyl (C=O) groups excluding carboxylic acids is 1. The topological polar surface area (TPSA) is 119 Å². The molecule has 0 bridgehead atoms. The Labute approximate surface area is 221 Å². The summed E-state index contributed by atoms with van der Waals surface area (Å²) in [7, 11) is -4.74. The summed E-state index contributed by atoms with van der Waals surface area (Å²) < 4.78 is 62.1. The molecule has 0 saturated carbocycles. The molecule has 3 aromatic rings. The zero-order valence-electron chi connectivity index (χ0n) is 20.6. The third-order valence-corrected chi connectivity index (χ3v) is 8.68. The maximum absolute atomic E-state index is 13.7. The van der Waals surface area contributed by atoms with Crippen LogP contribution in [0, 0.1) is 0 Å². The molecule has 0 unspecified atom stereocenters. The summed E-state index contributed by atoms with van der Waals surface area (Å²) in [6, 6.07) is 15.8. The highest BCUT2D eigenvalue weighted by molar-refractivity contribution is 7.93. The maximum atomic E-state index is 13.7. The van der Waals surface area contributed by atoms with E-state index in [1.54, 1.807) is 19.1 Å². The molecule has 0 aliphatic carbocycles. The van der Waals surface area contributed by atoms with E-state index in [9.17, 15) is 21.6 Å². The van der Waals surface area contributed by atoms with Gasteiger partial charge in [0.25, 0.3) is 10.0 Å². The lowest BCUT2D eigenvalue weighted by Gasteiger charge is -2.25. The molecule has 1 atom stereocenters. The number of anilines is 1. The summed E-state index contributed by atoms with van der Waals surface area (Å²) in [5, 5.41) is 3.17. The van der Waals surface area contributed by atoms with Gasteiger partial charge in [0.15, 0.2) is 21.3 Å². The van der Waals surface area contributed by atoms with Crippen molar-refractivity contribution in [3.63, 3.8) is 0 Å². The van der Waals surface area contributed by atoms with E-state index in [0.29, 0.717) is 16.3 Å². The quantitative estimate of drug-likeness (QED) is 0.396. The molecule has 0 radical (unpaired) electrons. The van der Waals surface area contributed by atoms with Gasteiger partial charge < -0.3 is 14.8 Å². The maximum Gasteiger partial charge on any atom is 0.264 e. The Bertz CT molecular complexity index is 1470. The Morgan fingerprint density at radius 2 is 1.46 bits per heavy atom. The van der Waals surface area contributed by atoms with Gasteiger partial charge in [0, 0.05) is 17.3 Å². The number of nitrogens with zero attached hydrogens (tertiary/aromatic N) is 1. The number of benzene rings is 3. The molecule has 3 rings (SSSR count). The van der Waals surface area contributed by atoms with Gasteiger partial charge in [-0.25, -0.2) is 16.8 Å². The molecule has 9 nitrogen and oxygen atoms in total. The number of nitrogens with one attached hydrogen (secondary N) is 1. The number of rotatable bonds is 10. The molecule has 0 spiro atoms. The average Bonchev–Trinajstić information content (AvgIpc) is 2.86. The minimum absolute atomic E-state index is 0.0997. The molecule has 0 aliphatic rings. The van der Waals surface area contributed by atoms with Crippen LogP contribution in [-0.4, -0.2) is 49.8 Å². The molecule has 1 amide bonds. The van der Waals surface area contributed by atoms with Crippen LogP contribution < -0.4 is 19.1 Å². The predicted molar refractivity (Wildman–Crippen MR) is 142 cm³/mol. The molecule has 0 fully saturated rings. The average molecular weight is 567 g/mol. The molecule has 37 heavy (non-hydrogen) atoms. The van der Waals surface area contributed by atoms with Gasteiger partial charge >= 0.3 is 0 Å². The number of ether oxygens (including phenoxy) is 2. The van der Waals surface area contributed by atoms with Crippen molar-refractivity contribution in [3.05, 3.63) is 77.3 Å². The Hall–Kier alpha value is -3.28. The van der Waals surface area contributed by atoms with Crippen molar-refractivity contribution in [1.82, 2.24) is 5.32 Å². The third-order valence-electron chi connectivity index (χ3n) is 5.53. The first-order chi connectivity index (χ1) is 17.4. The van der Waals surface area contributed by atoms with E-state index < -0.39 is 38.4 Å². The number of halogens is 1. The normalized spacial score (nSPS) is 12.5. The first-order valence-electron chi connectivity index (χ1n) is 11.0. The molecule has 1 N–H and O–H groups in total. The Balaban J connectivity index is 1.90. The highest BCUT2D eigenvalue weighted by Gasteiger charge is 2.29. The van der Waals surface area contributed by atoms with Gasteiger partial charge in [0.2, 0.25) is 5.91 Å². The van der Waals surface area contributed by atoms with Crippen molar-refractivity contribution in [2.45, 2.75) is 22.8 Å². The number of sulfonamides is 1. The standard InChI is InChI=1S/C25H27ClN2O7S2/c1-17(18-5-11-21(12-6-18)36(4,30)31)27-25(29)16-28(20-9-7-19(26)8-10-20)37(32,33)22-13-14-23(34-2)24(15-22)35-3/h5-15,17H,16H2,1-4H3,(H,27,29)/t17-/m0/s1. The fourth-order valence-corrected chi connectivity index (χ4v) is 5.72. The Morgan fingerprint density at radius 1 is 0.892 bits per heavy atom. The highest BCUT2D eigenvalue weighted by atomic mass is 35.5. The number of hydrogen-bond acceptors (Lipinski definition) is 7. The van der Waals surface area contributed by atoms with Gasteiger partial charge in [-0.1, -0.05) is 23.7 Å². The van der Waals surface area contributed by atoms with Crippen molar-refractivity contribution in [2.75, 3.05) is 31.3 Å². The summed E-state index contributed by atoms with van der Waals surface area (Å²) in [5.74, 6) is 0.00175. The van der Waals surface area contributed by atoms with E-state index in [4.69, 9.17) is 21.1 Å². The van der Waals surface area contributed by atoms with Crippen LogP contribution in [0.1, 0.15) is 18.5 Å². The second-order valence-corrected chi connectivity index (χ2v) is 12.4. The summed E-state index contributed by atoms with van der Waals surface area (Å²) in [6.07, 6.45) is 1.11. The largest absolute Gasteiger partial charge is 0.493 e. The predicted octanol–water partition coefficient (Wildman–Crippen LogP) is 3.83. The zero-order chi connectivity index (χ0) is 27.4. The van der Waals surface area contributed by atoms with Crippen LogP contribution in [0.2, 0.25) is 5.02 Å². The van der Waals surface area contributed by atoms with Gasteiger partial charge in [-0.15, -0.1) is 0 Å². The molecule has 0 heterocycles. The number of methoxy groups -OCH3 is 2. The van der Waals surface area contributed by atoms with Crippen molar-refractivity contribution in [3.8, 4) is 11.5 Å². The summed E-state index contributed by atoms with van der Waals surface area (Å²) in [4.78, 5) is 13.1. The van der Waals surface area contributed by atoms with Crippen LogP contribution in [0.5, 0.6) is 11.5 Å². The monoisotopic (exact) mass is 566 g/mol. The van der Waals surface area contributed by atoms with Gasteiger partial charge in [-0.05, 0) is 61.0 Å². The molecular weight excluding hydrogens is 540 g/mol. The highest BCUT2D eigenvalue weighted by Crippen LogP contribution is 2.32. The second-order valence-electron chi connectivity index (χ2n) is 8.14. The molecule has 198 valence electrons. The minimum atomic E-state index is -4.21. The van der Waals surface area contributed by atoms with Gasteiger partial charge in [0.05, 0.1) is 35.7 Å².